The molecule has 0 aliphatic heterocycles. The minimum atomic E-state index is -0.248. The summed E-state index contributed by atoms with van der Waals surface area (Å²) in [6, 6.07) is 11.5. The average molecular weight is 313 g/mol. The van der Waals surface area contributed by atoms with E-state index in [0.29, 0.717) is 0 Å². The summed E-state index contributed by atoms with van der Waals surface area (Å²) in [6.45, 7) is 2.17. The molecule has 3 rings (SSSR count). The second-order valence-corrected chi connectivity index (χ2v) is 5.74. The van der Waals surface area contributed by atoms with Crippen LogP contribution in [0.2, 0.25) is 0 Å². The zero-order valence-electron chi connectivity index (χ0n) is 12.1. The average Bonchev–Trinajstić information content (AvgIpc) is 3.18. The lowest BCUT2D eigenvalue weighted by atomic mass is 10.1. The van der Waals surface area contributed by atoms with Gasteiger partial charge in [0.1, 0.15) is 6.61 Å². The van der Waals surface area contributed by atoms with Crippen LogP contribution in [-0.4, -0.2) is 11.0 Å². The zero-order chi connectivity index (χ0) is 15.4. The summed E-state index contributed by atoms with van der Waals surface area (Å²) in [6.07, 6.45) is 1.89. The van der Waals surface area contributed by atoms with E-state index in [4.69, 9.17) is 9.15 Å². The molecule has 0 amide bonds. The molecule has 0 unspecified atom stereocenters. The summed E-state index contributed by atoms with van der Waals surface area (Å²) in [4.78, 5) is 16.3. The van der Waals surface area contributed by atoms with Crippen molar-refractivity contribution in [1.29, 1.82) is 0 Å². The fraction of sp³-hybridized carbons (Fsp3) is 0.176. The van der Waals surface area contributed by atoms with Gasteiger partial charge in [-0.25, -0.2) is 4.98 Å². The molecule has 5 heteroatoms. The van der Waals surface area contributed by atoms with Gasteiger partial charge in [-0.3, -0.25) is 4.79 Å². The number of aryl methyl sites for hydroxylation is 1. The first-order chi connectivity index (χ1) is 10.7. The summed E-state index contributed by atoms with van der Waals surface area (Å²) >= 11 is 1.47. The van der Waals surface area contributed by atoms with Gasteiger partial charge >= 0.3 is 5.97 Å². The molecule has 0 fully saturated rings. The smallest absolute Gasteiger partial charge is 0.310 e. The van der Waals surface area contributed by atoms with E-state index in [-0.39, 0.29) is 19.0 Å². The Labute approximate surface area is 132 Å². The van der Waals surface area contributed by atoms with Crippen molar-refractivity contribution >= 4 is 17.3 Å². The fourth-order valence-corrected chi connectivity index (χ4v) is 2.83. The molecule has 0 atom stereocenters. The number of aromatic nitrogens is 1. The molecule has 0 spiro atoms. The molecule has 0 saturated carbocycles. The summed E-state index contributed by atoms with van der Waals surface area (Å²) in [5, 5.41) is 2.66. The van der Waals surface area contributed by atoms with Crippen molar-refractivity contribution < 1.29 is 13.9 Å². The standard InChI is InChI=1S/C17H15NO3S/c1-12-5-2-3-6-13(12)9-16(19)21-10-14-11-22-17(18-14)15-7-4-8-20-15/h2-8,11H,9-10H2,1H3. The number of carbonyl (C=O) groups excluding carboxylic acids is 1. The fourth-order valence-electron chi connectivity index (χ4n) is 2.06. The lowest BCUT2D eigenvalue weighted by Gasteiger charge is -2.05. The van der Waals surface area contributed by atoms with Crippen LogP contribution in [0.1, 0.15) is 16.8 Å². The number of furan rings is 1. The number of hydrogen-bond acceptors (Lipinski definition) is 5. The van der Waals surface area contributed by atoms with Crippen LogP contribution in [0, 0.1) is 6.92 Å². The quantitative estimate of drug-likeness (QED) is 0.668. The Morgan fingerprint density at radius 3 is 2.91 bits per heavy atom. The van der Waals surface area contributed by atoms with Gasteiger partial charge in [-0.15, -0.1) is 11.3 Å². The Kier molecular flexibility index (Phi) is 4.34. The highest BCUT2D eigenvalue weighted by Crippen LogP contribution is 2.24. The minimum absolute atomic E-state index is 0.182. The maximum absolute atomic E-state index is 11.9. The maximum atomic E-state index is 11.9. The van der Waals surface area contributed by atoms with Gasteiger partial charge in [0.2, 0.25) is 0 Å². The number of nitrogens with zero attached hydrogens (tertiary/aromatic N) is 1. The van der Waals surface area contributed by atoms with Gasteiger partial charge in [-0.1, -0.05) is 24.3 Å². The highest BCUT2D eigenvalue weighted by molar-refractivity contribution is 7.13. The third-order valence-corrected chi connectivity index (χ3v) is 4.17. The normalized spacial score (nSPS) is 10.6. The maximum Gasteiger partial charge on any atom is 0.310 e. The van der Waals surface area contributed by atoms with Gasteiger partial charge in [0, 0.05) is 5.38 Å². The molecule has 22 heavy (non-hydrogen) atoms. The van der Waals surface area contributed by atoms with E-state index in [0.717, 1.165) is 27.6 Å². The Balaban J connectivity index is 1.56. The number of esters is 1. The molecule has 112 valence electrons. The zero-order valence-corrected chi connectivity index (χ0v) is 12.9. The van der Waals surface area contributed by atoms with Gasteiger partial charge < -0.3 is 9.15 Å². The topological polar surface area (TPSA) is 52.3 Å². The number of benzene rings is 1. The molecule has 0 radical (unpaired) electrons. The molecule has 0 saturated heterocycles. The van der Waals surface area contributed by atoms with E-state index >= 15 is 0 Å². The van der Waals surface area contributed by atoms with Crippen LogP contribution in [0.3, 0.4) is 0 Å². The first kappa shape index (κ1) is 14.5. The summed E-state index contributed by atoms with van der Waals surface area (Å²) in [5.74, 6) is 0.476. The van der Waals surface area contributed by atoms with Gasteiger partial charge in [0.05, 0.1) is 18.4 Å². The molecular formula is C17H15NO3S. The molecular weight excluding hydrogens is 298 g/mol. The molecule has 0 aliphatic rings. The molecule has 0 N–H and O–H groups in total. The second kappa shape index (κ2) is 6.58. The summed E-state index contributed by atoms with van der Waals surface area (Å²) in [7, 11) is 0. The van der Waals surface area contributed by atoms with Crippen LogP contribution in [0.15, 0.2) is 52.5 Å². The number of thiazole rings is 1. The van der Waals surface area contributed by atoms with Gasteiger partial charge in [0.15, 0.2) is 10.8 Å². The summed E-state index contributed by atoms with van der Waals surface area (Å²) in [5.41, 5.74) is 2.81. The van der Waals surface area contributed by atoms with E-state index in [9.17, 15) is 4.79 Å². The van der Waals surface area contributed by atoms with Crippen molar-refractivity contribution in [1.82, 2.24) is 4.98 Å². The number of hydrogen-bond donors (Lipinski definition) is 0. The van der Waals surface area contributed by atoms with Crippen LogP contribution in [0.5, 0.6) is 0 Å². The first-order valence-corrected chi connectivity index (χ1v) is 7.79. The second-order valence-electron chi connectivity index (χ2n) is 4.89. The van der Waals surface area contributed by atoms with Crippen molar-refractivity contribution in [3.05, 3.63) is 64.9 Å². The van der Waals surface area contributed by atoms with Crippen molar-refractivity contribution in [3.8, 4) is 10.8 Å². The van der Waals surface area contributed by atoms with Crippen LogP contribution in [0.4, 0.5) is 0 Å². The van der Waals surface area contributed by atoms with Crippen molar-refractivity contribution in [3.63, 3.8) is 0 Å². The largest absolute Gasteiger partial charge is 0.462 e. The number of carbonyl (C=O) groups is 1. The minimum Gasteiger partial charge on any atom is -0.462 e. The lowest BCUT2D eigenvalue weighted by molar-refractivity contribution is -0.144. The van der Waals surface area contributed by atoms with E-state index in [1.165, 1.54) is 11.3 Å². The molecule has 2 aromatic heterocycles. The Hall–Kier alpha value is -2.40. The van der Waals surface area contributed by atoms with E-state index in [2.05, 4.69) is 4.98 Å². The van der Waals surface area contributed by atoms with Crippen LogP contribution >= 0.6 is 11.3 Å². The predicted molar refractivity (Wildman–Crippen MR) is 84.5 cm³/mol. The Morgan fingerprint density at radius 2 is 2.14 bits per heavy atom. The van der Waals surface area contributed by atoms with E-state index in [1.54, 1.807) is 6.26 Å². The third-order valence-electron chi connectivity index (χ3n) is 3.26. The highest BCUT2D eigenvalue weighted by atomic mass is 32.1. The van der Waals surface area contributed by atoms with Gasteiger partial charge in [0.25, 0.3) is 0 Å². The highest BCUT2D eigenvalue weighted by Gasteiger charge is 2.10. The van der Waals surface area contributed by atoms with Crippen molar-refractivity contribution in [2.45, 2.75) is 20.0 Å². The van der Waals surface area contributed by atoms with Crippen LogP contribution < -0.4 is 0 Å². The lowest BCUT2D eigenvalue weighted by Crippen LogP contribution is -2.09. The molecule has 0 bridgehead atoms. The van der Waals surface area contributed by atoms with Gasteiger partial charge in [-0.05, 0) is 30.2 Å². The molecule has 1 aromatic carbocycles. The molecule has 0 aliphatic carbocycles. The Bertz CT molecular complexity index is 762. The predicted octanol–water partition coefficient (Wildman–Crippen LogP) is 4.00. The van der Waals surface area contributed by atoms with Gasteiger partial charge in [-0.2, -0.15) is 0 Å². The SMILES string of the molecule is Cc1ccccc1CC(=O)OCc1csc(-c2ccco2)n1. The first-order valence-electron chi connectivity index (χ1n) is 6.91. The molecule has 4 nitrogen and oxygen atoms in total. The van der Waals surface area contributed by atoms with Crippen molar-refractivity contribution in [2.24, 2.45) is 0 Å². The van der Waals surface area contributed by atoms with E-state index < -0.39 is 0 Å². The third kappa shape index (κ3) is 3.43. The Morgan fingerprint density at radius 1 is 1.27 bits per heavy atom. The van der Waals surface area contributed by atoms with E-state index in [1.807, 2.05) is 48.7 Å². The van der Waals surface area contributed by atoms with Crippen LogP contribution in [0.25, 0.3) is 10.8 Å². The monoisotopic (exact) mass is 313 g/mol. The summed E-state index contributed by atoms with van der Waals surface area (Å²) < 4.78 is 10.6. The van der Waals surface area contributed by atoms with Crippen LogP contribution in [-0.2, 0) is 22.6 Å². The van der Waals surface area contributed by atoms with Crippen molar-refractivity contribution in [2.75, 3.05) is 0 Å². The number of ether oxygens (including phenoxy) is 1. The number of rotatable bonds is 5. The molecule has 3 aromatic rings. The molecule has 2 heterocycles.